The van der Waals surface area contributed by atoms with Gasteiger partial charge in [-0.15, -0.1) is 0 Å². The van der Waals surface area contributed by atoms with E-state index in [2.05, 4.69) is 26.9 Å². The molecule has 5 N–H and O–H groups in total. The van der Waals surface area contributed by atoms with E-state index in [0.29, 0.717) is 39.6 Å². The fourth-order valence-electron chi connectivity index (χ4n) is 4.09. The van der Waals surface area contributed by atoms with Gasteiger partial charge in [0.05, 0.1) is 34.8 Å². The van der Waals surface area contributed by atoms with Crippen LogP contribution < -0.4 is 5.43 Å². The van der Waals surface area contributed by atoms with E-state index in [1.165, 1.54) is 0 Å². The number of benzene rings is 1. The lowest BCUT2D eigenvalue weighted by Crippen LogP contribution is -2.45. The minimum Gasteiger partial charge on any atom is -0.503 e. The minimum atomic E-state index is -2.16. The Morgan fingerprint density at radius 2 is 1.71 bits per heavy atom. The van der Waals surface area contributed by atoms with Crippen molar-refractivity contribution in [3.8, 4) is 17.0 Å². The molecule has 0 spiro atoms. The lowest BCUT2D eigenvalue weighted by Gasteiger charge is -2.32. The second-order valence-electron chi connectivity index (χ2n) is 9.57. The molecule has 1 fully saturated rings. The number of likely N-dealkylation sites (N-methyl/N-ethyl adjacent to an activating group) is 1. The van der Waals surface area contributed by atoms with Gasteiger partial charge in [-0.25, -0.2) is 9.48 Å². The Hall–Kier alpha value is -4.07. The summed E-state index contributed by atoms with van der Waals surface area (Å²) < 4.78 is 1.82. The van der Waals surface area contributed by atoms with Gasteiger partial charge < -0.3 is 30.3 Å². The smallest absolute Gasteiger partial charge is 0.373 e. The van der Waals surface area contributed by atoms with Crippen LogP contribution in [0.1, 0.15) is 19.0 Å². The number of hydrogen-bond acceptors (Lipinski definition) is 10. The van der Waals surface area contributed by atoms with Crippen molar-refractivity contribution in [2.45, 2.75) is 32.4 Å². The fourth-order valence-corrected chi connectivity index (χ4v) is 4.32. The Bertz CT molecular complexity index is 1470. The van der Waals surface area contributed by atoms with Gasteiger partial charge in [-0.1, -0.05) is 29.8 Å². The van der Waals surface area contributed by atoms with Gasteiger partial charge in [-0.3, -0.25) is 14.5 Å². The molecule has 3 aromatic rings. The number of hydrogen-bond donors (Lipinski definition) is 5. The number of H-pyrrole nitrogens is 1. The molecule has 0 saturated carbocycles. The number of aliphatic hydroxyl groups is 1. The molecular weight excluding hydrogens is 562 g/mol. The maximum atomic E-state index is 12.8. The summed E-state index contributed by atoms with van der Waals surface area (Å²) in [6.45, 7) is 8.40. The van der Waals surface area contributed by atoms with Gasteiger partial charge in [-0.05, 0) is 27.0 Å². The first-order valence-electron chi connectivity index (χ1n) is 12.4. The van der Waals surface area contributed by atoms with Gasteiger partial charge in [0.1, 0.15) is 5.65 Å². The van der Waals surface area contributed by atoms with E-state index in [9.17, 15) is 19.5 Å². The van der Waals surface area contributed by atoms with Crippen molar-refractivity contribution in [3.05, 3.63) is 45.2 Å². The molecule has 1 aliphatic rings. The molecule has 4 rings (SSSR count). The molecule has 0 amide bonds. The number of carbonyl (C=O) groups is 2. The number of aryl methyl sites for hydroxylation is 1. The molecule has 222 valence electrons. The normalized spacial score (nSPS) is 15.0. The van der Waals surface area contributed by atoms with E-state index in [4.69, 9.17) is 36.5 Å². The second kappa shape index (κ2) is 14.5. The molecule has 1 atom stereocenters. The first-order chi connectivity index (χ1) is 19.2. The Morgan fingerprint density at radius 3 is 2.22 bits per heavy atom. The van der Waals surface area contributed by atoms with Gasteiger partial charge >= 0.3 is 18.1 Å². The number of carboxylic acid groups (broad SMARTS) is 2. The van der Waals surface area contributed by atoms with Crippen LogP contribution in [0.2, 0.25) is 5.02 Å². The predicted molar refractivity (Wildman–Crippen MR) is 147 cm³/mol. The predicted octanol–water partition coefficient (Wildman–Crippen LogP) is 1.02. The van der Waals surface area contributed by atoms with Crippen LogP contribution >= 0.6 is 11.6 Å². The Balaban J connectivity index is 0.000000382. The van der Waals surface area contributed by atoms with Crippen molar-refractivity contribution in [1.29, 1.82) is 0 Å². The maximum Gasteiger partial charge on any atom is 0.373 e. The average molecular weight is 594 g/mol. The number of fused-ring (bicyclic) bond motifs is 1. The van der Waals surface area contributed by atoms with Crippen molar-refractivity contribution in [3.63, 3.8) is 0 Å². The van der Waals surface area contributed by atoms with Crippen molar-refractivity contribution < 1.29 is 39.6 Å². The topological polar surface area (TPSA) is 206 Å². The van der Waals surface area contributed by atoms with Crippen LogP contribution in [0.25, 0.3) is 22.3 Å². The zero-order chi connectivity index (χ0) is 30.9. The monoisotopic (exact) mass is 593 g/mol. The Labute approximate surface area is 239 Å². The number of nitrogens with one attached hydrogen (secondary N) is 1. The van der Waals surface area contributed by atoms with Crippen molar-refractivity contribution >= 4 is 40.7 Å². The lowest BCUT2D eigenvalue weighted by molar-refractivity contribution is -0.191. The Kier molecular flexibility index (Phi) is 11.7. The van der Waals surface area contributed by atoms with Crippen LogP contribution in [-0.2, 0) is 25.7 Å². The lowest BCUT2D eigenvalue weighted by atomic mass is 10.0. The van der Waals surface area contributed by atoms with Gasteiger partial charge in [0, 0.05) is 38.3 Å². The molecule has 1 unspecified atom stereocenters. The summed E-state index contributed by atoms with van der Waals surface area (Å²) in [6.07, 6.45) is -0.539. The number of aromatic hydroxyl groups is 1. The molecule has 1 aromatic carbocycles. The summed E-state index contributed by atoms with van der Waals surface area (Å²) in [7, 11) is 2.13. The molecule has 0 bridgehead atoms. The highest BCUT2D eigenvalue weighted by atomic mass is 35.5. The van der Waals surface area contributed by atoms with Gasteiger partial charge in [0.25, 0.3) is 0 Å². The molecule has 0 aliphatic carbocycles. The Morgan fingerprint density at radius 1 is 1.12 bits per heavy atom. The molecular formula is C26H32ClN5O9. The second-order valence-corrected chi connectivity index (χ2v) is 9.97. The summed E-state index contributed by atoms with van der Waals surface area (Å²) in [4.78, 5) is 57.0. The molecule has 14 nitrogen and oxygen atoms in total. The summed E-state index contributed by atoms with van der Waals surface area (Å²) in [5.74, 6) is -3.20. The van der Waals surface area contributed by atoms with Gasteiger partial charge in [0.2, 0.25) is 5.43 Å². The molecule has 3 heterocycles. The molecule has 1 aliphatic heterocycles. The van der Waals surface area contributed by atoms with E-state index in [0.717, 1.165) is 39.6 Å². The number of rotatable bonds is 7. The number of pyridine rings is 1. The number of piperazine rings is 1. The summed E-state index contributed by atoms with van der Waals surface area (Å²) in [5, 5.41) is 41.0. The average Bonchev–Trinajstić information content (AvgIpc) is 3.21. The highest BCUT2D eigenvalue weighted by molar-refractivity contribution is 6.33. The third-order valence-electron chi connectivity index (χ3n) is 6.37. The molecule has 1 saturated heterocycles. The number of carbonyl (C=O) groups excluding carboxylic acids is 2. The van der Waals surface area contributed by atoms with E-state index < -0.39 is 29.4 Å². The number of carboxylic acids is 2. The number of aliphatic carboxylic acids is 2. The van der Waals surface area contributed by atoms with Crippen molar-refractivity contribution in [2.24, 2.45) is 0 Å². The van der Waals surface area contributed by atoms with Crippen LogP contribution in [0.4, 0.5) is 0 Å². The van der Waals surface area contributed by atoms with Gasteiger partial charge in [-0.2, -0.15) is 14.7 Å². The SMILES string of the molecule is CC(O)(CC(=O)O)C(=O)O.Cc1nn(CCN2CCN(C)CC2)c2[nH]c(-c3ccccc3Cl)c(O)c(=O)c12.O=C=O. The number of aromatic nitrogens is 3. The van der Waals surface area contributed by atoms with Crippen LogP contribution in [0, 0.1) is 6.92 Å². The zero-order valence-corrected chi connectivity index (χ0v) is 23.5. The number of nitrogens with zero attached hydrogens (tertiary/aromatic N) is 4. The molecule has 0 radical (unpaired) electrons. The standard InChI is InChI=1S/C20H24ClN5O2.C5H8O5.CO2/c1-13-16-18(27)19(28)17(14-5-3-4-6-15(14)21)22-20(16)26(23-13)12-11-25-9-7-24(2)8-10-25;1-5(10,4(8)9)2-3(6)7;2-1-3/h3-6,28H,7-12H2,1-2H3,(H,22,27);10H,2H2,1H3,(H,6,7)(H,8,9);. The summed E-state index contributed by atoms with van der Waals surface area (Å²) in [6, 6.07) is 7.13. The van der Waals surface area contributed by atoms with Crippen molar-refractivity contribution in [2.75, 3.05) is 39.8 Å². The molecule has 2 aromatic heterocycles. The van der Waals surface area contributed by atoms with Crippen LogP contribution in [-0.4, -0.2) is 108 Å². The third kappa shape index (κ3) is 8.71. The van der Waals surface area contributed by atoms with Crippen molar-refractivity contribution in [1.82, 2.24) is 24.6 Å². The first-order valence-corrected chi connectivity index (χ1v) is 12.8. The van der Waals surface area contributed by atoms with E-state index in [-0.39, 0.29) is 11.9 Å². The highest BCUT2D eigenvalue weighted by Gasteiger charge is 2.32. The van der Waals surface area contributed by atoms with Crippen LogP contribution in [0.5, 0.6) is 5.75 Å². The fraction of sp³-hybridized carbons (Fsp3) is 0.423. The van der Waals surface area contributed by atoms with Gasteiger partial charge in [0.15, 0.2) is 11.4 Å². The van der Waals surface area contributed by atoms with E-state index in [1.54, 1.807) is 19.1 Å². The zero-order valence-electron chi connectivity index (χ0n) is 22.8. The summed E-state index contributed by atoms with van der Waals surface area (Å²) >= 11 is 6.29. The van der Waals surface area contributed by atoms with E-state index >= 15 is 0 Å². The first kappa shape index (κ1) is 33.1. The summed E-state index contributed by atoms with van der Waals surface area (Å²) in [5.41, 5.74) is -0.452. The third-order valence-corrected chi connectivity index (χ3v) is 6.70. The largest absolute Gasteiger partial charge is 0.503 e. The van der Waals surface area contributed by atoms with Crippen LogP contribution in [0.3, 0.4) is 0 Å². The molecule has 41 heavy (non-hydrogen) atoms. The maximum absolute atomic E-state index is 12.8. The number of aromatic amines is 1. The van der Waals surface area contributed by atoms with Crippen LogP contribution in [0.15, 0.2) is 29.1 Å². The highest BCUT2D eigenvalue weighted by Crippen LogP contribution is 2.32. The quantitative estimate of drug-likeness (QED) is 0.260. The van der Waals surface area contributed by atoms with E-state index in [1.807, 2.05) is 16.8 Å². The molecule has 15 heteroatoms. The number of halogens is 1. The minimum absolute atomic E-state index is 0.250.